The smallest absolute Gasteiger partial charge is 0.332 e. The van der Waals surface area contributed by atoms with Gasteiger partial charge in [0.15, 0.2) is 5.65 Å². The molecule has 4 aromatic rings. The summed E-state index contributed by atoms with van der Waals surface area (Å²) in [5, 5.41) is 6.14. The Kier molecular flexibility index (Phi) is 6.25. The number of aryl methyl sites for hydroxylation is 1. The molecule has 0 aromatic carbocycles. The third-order valence-corrected chi connectivity index (χ3v) is 8.57. The van der Waals surface area contributed by atoms with E-state index in [0.717, 1.165) is 29.8 Å². The second kappa shape index (κ2) is 10.3. The van der Waals surface area contributed by atoms with Gasteiger partial charge in [-0.05, 0) is 49.8 Å². The first-order chi connectivity index (χ1) is 21.4. The number of ether oxygens (including phenoxy) is 1. The number of imidazole rings is 1. The van der Waals surface area contributed by atoms with E-state index >= 15 is 0 Å². The molecule has 4 amide bonds. The standard InChI is InChI=1S/C30H30N10O4/c1-16-4-5-31-27(35-16)21-7-22(21)29(42)37-25-8-24(33-15-34-25)32-9-19-11-38-10-18(17-2-3-17)6-23(28(38)36-19)39-12-26(41)40(30(39)43)20-13-44-14-20/h4-6,8,10-11,15,17,20-22H,2-3,7,9,12-14H2,1H3,(H2,32,33,34,37,42)/t21-,22-/m0/s1. The largest absolute Gasteiger partial charge is 0.377 e. The molecule has 14 nitrogen and oxygen atoms in total. The Bertz CT molecular complexity index is 1820. The highest BCUT2D eigenvalue weighted by atomic mass is 16.5. The van der Waals surface area contributed by atoms with Crippen molar-refractivity contribution in [2.45, 2.75) is 50.6 Å². The number of anilines is 3. The van der Waals surface area contributed by atoms with Crippen molar-refractivity contribution in [1.82, 2.24) is 34.2 Å². The number of imide groups is 1. The summed E-state index contributed by atoms with van der Waals surface area (Å²) in [6.45, 7) is 2.98. The molecule has 4 aliphatic rings. The molecule has 14 heteroatoms. The molecule has 2 N–H and O–H groups in total. The summed E-state index contributed by atoms with van der Waals surface area (Å²) in [7, 11) is 0. The average Bonchev–Trinajstić information content (AvgIpc) is 3.91. The zero-order chi connectivity index (χ0) is 29.9. The van der Waals surface area contributed by atoms with E-state index in [1.54, 1.807) is 12.3 Å². The Morgan fingerprint density at radius 1 is 1.07 bits per heavy atom. The number of rotatable bonds is 9. The number of pyridine rings is 1. The number of carbonyl (C=O) groups excluding carboxylic acids is 3. The minimum atomic E-state index is -0.333. The van der Waals surface area contributed by atoms with Crippen LogP contribution in [0.4, 0.5) is 22.1 Å². The molecule has 6 heterocycles. The van der Waals surface area contributed by atoms with Gasteiger partial charge in [-0.25, -0.2) is 29.7 Å². The molecular formula is C30H30N10O4. The fourth-order valence-corrected chi connectivity index (χ4v) is 5.85. The lowest BCUT2D eigenvalue weighted by molar-refractivity contribution is -0.134. The Labute approximate surface area is 251 Å². The molecule has 2 saturated heterocycles. The number of nitrogens with one attached hydrogen (secondary N) is 2. The summed E-state index contributed by atoms with van der Waals surface area (Å²) >= 11 is 0. The predicted molar refractivity (Wildman–Crippen MR) is 157 cm³/mol. The van der Waals surface area contributed by atoms with Gasteiger partial charge in [0.25, 0.3) is 5.91 Å². The van der Waals surface area contributed by atoms with Gasteiger partial charge in [-0.1, -0.05) is 0 Å². The average molecular weight is 595 g/mol. The van der Waals surface area contributed by atoms with Crippen molar-refractivity contribution in [3.63, 3.8) is 0 Å². The molecule has 8 rings (SSSR count). The zero-order valence-corrected chi connectivity index (χ0v) is 24.0. The normalized spacial score (nSPS) is 21.6. The lowest BCUT2D eigenvalue weighted by Gasteiger charge is -2.32. The van der Waals surface area contributed by atoms with Crippen molar-refractivity contribution in [3.8, 4) is 0 Å². The summed E-state index contributed by atoms with van der Waals surface area (Å²) in [4.78, 5) is 63.9. The third-order valence-electron chi connectivity index (χ3n) is 8.57. The zero-order valence-electron chi connectivity index (χ0n) is 24.0. The minimum Gasteiger partial charge on any atom is -0.377 e. The molecule has 0 unspecified atom stereocenters. The van der Waals surface area contributed by atoms with Gasteiger partial charge < -0.3 is 19.8 Å². The number of hydrogen-bond acceptors (Lipinski definition) is 10. The number of urea groups is 1. The van der Waals surface area contributed by atoms with E-state index < -0.39 is 0 Å². The van der Waals surface area contributed by atoms with Crippen molar-refractivity contribution in [2.24, 2.45) is 5.92 Å². The first-order valence-corrected chi connectivity index (χ1v) is 14.8. The molecule has 4 fully saturated rings. The van der Waals surface area contributed by atoms with E-state index in [1.807, 2.05) is 29.7 Å². The number of amides is 4. The second-order valence-corrected chi connectivity index (χ2v) is 11.9. The lowest BCUT2D eigenvalue weighted by Crippen LogP contribution is -2.52. The molecule has 4 aromatic heterocycles. The molecule has 2 aliphatic heterocycles. The highest BCUT2D eigenvalue weighted by Gasteiger charge is 2.46. The van der Waals surface area contributed by atoms with Crippen LogP contribution in [0.5, 0.6) is 0 Å². The van der Waals surface area contributed by atoms with E-state index in [4.69, 9.17) is 9.72 Å². The monoisotopic (exact) mass is 594 g/mol. The lowest BCUT2D eigenvalue weighted by atomic mass is 10.1. The van der Waals surface area contributed by atoms with Crippen molar-refractivity contribution in [1.29, 1.82) is 0 Å². The SMILES string of the molecule is Cc1ccnc([C@H]2C[C@@H]2C(=O)Nc2cc(NCc3cn4cc(C5CC5)cc(N5CC(=O)N(C6COC6)C5=O)c4n3)ncn2)n1. The third kappa shape index (κ3) is 4.90. The van der Waals surface area contributed by atoms with E-state index in [1.165, 1.54) is 16.1 Å². The molecule has 2 atom stereocenters. The van der Waals surface area contributed by atoms with Gasteiger partial charge in [0.05, 0.1) is 37.2 Å². The highest BCUT2D eigenvalue weighted by Crippen LogP contribution is 2.46. The molecule has 2 aliphatic carbocycles. The molecule has 0 radical (unpaired) electrons. The Hall–Kier alpha value is -4.98. The van der Waals surface area contributed by atoms with Crippen molar-refractivity contribution in [2.75, 3.05) is 35.3 Å². The predicted octanol–water partition coefficient (Wildman–Crippen LogP) is 2.62. The maximum atomic E-state index is 13.3. The van der Waals surface area contributed by atoms with Gasteiger partial charge in [-0.15, -0.1) is 0 Å². The van der Waals surface area contributed by atoms with Gasteiger partial charge in [-0.2, -0.15) is 0 Å². The van der Waals surface area contributed by atoms with Crippen LogP contribution in [0.3, 0.4) is 0 Å². The molecular weight excluding hydrogens is 564 g/mol. The second-order valence-electron chi connectivity index (χ2n) is 11.9. The van der Waals surface area contributed by atoms with Gasteiger partial charge >= 0.3 is 6.03 Å². The summed E-state index contributed by atoms with van der Waals surface area (Å²) in [6, 6.07) is 4.97. The van der Waals surface area contributed by atoms with E-state index in [2.05, 4.69) is 36.8 Å². The van der Waals surface area contributed by atoms with Crippen LogP contribution in [0.2, 0.25) is 0 Å². The van der Waals surface area contributed by atoms with Crippen LogP contribution in [0, 0.1) is 12.8 Å². The van der Waals surface area contributed by atoms with Gasteiger partial charge in [0.1, 0.15) is 30.3 Å². The quantitative estimate of drug-likeness (QED) is 0.276. The fraction of sp³-hybridized carbons (Fsp3) is 0.400. The van der Waals surface area contributed by atoms with Crippen LogP contribution in [0.15, 0.2) is 43.1 Å². The van der Waals surface area contributed by atoms with Crippen molar-refractivity contribution in [3.05, 3.63) is 65.9 Å². The van der Waals surface area contributed by atoms with Gasteiger partial charge in [-0.3, -0.25) is 19.4 Å². The minimum absolute atomic E-state index is 0.0129. The Morgan fingerprint density at radius 3 is 2.68 bits per heavy atom. The first kappa shape index (κ1) is 26.6. The summed E-state index contributed by atoms with van der Waals surface area (Å²) in [5.74, 6) is 1.54. The summed E-state index contributed by atoms with van der Waals surface area (Å²) < 4.78 is 7.16. The first-order valence-electron chi connectivity index (χ1n) is 14.8. The fourth-order valence-electron chi connectivity index (χ4n) is 5.85. The number of carbonyl (C=O) groups is 3. The topological polar surface area (TPSA) is 160 Å². The van der Waals surface area contributed by atoms with Crippen molar-refractivity contribution >= 4 is 40.8 Å². The Balaban J connectivity index is 0.972. The van der Waals surface area contributed by atoms with Crippen LogP contribution < -0.4 is 15.5 Å². The summed E-state index contributed by atoms with van der Waals surface area (Å²) in [5.41, 5.74) is 3.96. The van der Waals surface area contributed by atoms with E-state index in [-0.39, 0.29) is 42.3 Å². The summed E-state index contributed by atoms with van der Waals surface area (Å²) in [6.07, 6.45) is 9.98. The highest BCUT2D eigenvalue weighted by molar-refractivity contribution is 6.13. The van der Waals surface area contributed by atoms with Crippen LogP contribution in [0.1, 0.15) is 53.9 Å². The Morgan fingerprint density at radius 2 is 1.91 bits per heavy atom. The number of aromatic nitrogens is 6. The number of fused-ring (bicyclic) bond motifs is 1. The number of hydrogen-bond donors (Lipinski definition) is 2. The molecule has 0 bridgehead atoms. The van der Waals surface area contributed by atoms with E-state index in [9.17, 15) is 14.4 Å². The van der Waals surface area contributed by atoms with E-state index in [0.29, 0.717) is 60.9 Å². The van der Waals surface area contributed by atoms with Crippen LogP contribution >= 0.6 is 0 Å². The van der Waals surface area contributed by atoms with Crippen LogP contribution in [-0.2, 0) is 20.9 Å². The molecule has 224 valence electrons. The molecule has 2 saturated carbocycles. The van der Waals surface area contributed by atoms with Gasteiger partial charge in [0, 0.05) is 42.2 Å². The maximum absolute atomic E-state index is 13.3. The van der Waals surface area contributed by atoms with Crippen LogP contribution in [-0.4, -0.2) is 77.9 Å². The maximum Gasteiger partial charge on any atom is 0.332 e. The number of nitrogens with zero attached hydrogens (tertiary/aromatic N) is 8. The van der Waals surface area contributed by atoms with Gasteiger partial charge in [0.2, 0.25) is 5.91 Å². The van der Waals surface area contributed by atoms with Crippen LogP contribution in [0.25, 0.3) is 5.65 Å². The van der Waals surface area contributed by atoms with Crippen molar-refractivity contribution < 1.29 is 19.1 Å². The molecule has 0 spiro atoms. The molecule has 44 heavy (non-hydrogen) atoms.